The van der Waals surface area contributed by atoms with Gasteiger partial charge in [0.1, 0.15) is 11.8 Å². The fourth-order valence-corrected chi connectivity index (χ4v) is 4.57. The van der Waals surface area contributed by atoms with Gasteiger partial charge in [0.2, 0.25) is 15.9 Å². The number of hydrogen-bond acceptors (Lipinski definition) is 4. The standard InChI is InChI=1S/C16H17F3N2O3S/c1-11-10-20-15(24-11)14-4-2-3-9-21(14)25(22,23)13-7-5-12(6-8-13)16(17,18)19/h5-8,10,14H,2-4,9H2,1H3/t14-/m1/s1. The molecule has 0 N–H and O–H groups in total. The van der Waals surface area contributed by atoms with Gasteiger partial charge in [-0.2, -0.15) is 17.5 Å². The van der Waals surface area contributed by atoms with Gasteiger partial charge in [-0.15, -0.1) is 0 Å². The van der Waals surface area contributed by atoms with Crippen LogP contribution in [0.2, 0.25) is 0 Å². The van der Waals surface area contributed by atoms with E-state index in [1.54, 1.807) is 6.92 Å². The molecule has 1 aliphatic heterocycles. The molecule has 1 aromatic carbocycles. The molecule has 0 bridgehead atoms. The largest absolute Gasteiger partial charge is 0.444 e. The smallest absolute Gasteiger partial charge is 0.416 e. The van der Waals surface area contributed by atoms with Gasteiger partial charge in [0.25, 0.3) is 0 Å². The Morgan fingerprint density at radius 1 is 1.20 bits per heavy atom. The molecule has 0 radical (unpaired) electrons. The summed E-state index contributed by atoms with van der Waals surface area (Å²) in [6, 6.07) is 2.99. The number of piperidine rings is 1. The third-order valence-electron chi connectivity index (χ3n) is 4.17. The van der Waals surface area contributed by atoms with Crippen molar-refractivity contribution in [3.63, 3.8) is 0 Å². The van der Waals surface area contributed by atoms with E-state index in [2.05, 4.69) is 4.98 Å². The molecule has 1 atom stereocenters. The molecule has 0 unspecified atom stereocenters. The molecule has 0 saturated carbocycles. The Balaban J connectivity index is 1.94. The second kappa shape index (κ2) is 6.45. The summed E-state index contributed by atoms with van der Waals surface area (Å²) in [7, 11) is -3.95. The van der Waals surface area contributed by atoms with Crippen LogP contribution in [0.5, 0.6) is 0 Å². The van der Waals surface area contributed by atoms with Crippen LogP contribution < -0.4 is 0 Å². The van der Waals surface area contributed by atoms with Gasteiger partial charge in [0, 0.05) is 6.54 Å². The molecule has 136 valence electrons. The minimum absolute atomic E-state index is 0.171. The van der Waals surface area contributed by atoms with Crippen LogP contribution in [-0.2, 0) is 16.2 Å². The maximum atomic E-state index is 12.9. The van der Waals surface area contributed by atoms with E-state index in [0.29, 0.717) is 24.5 Å². The van der Waals surface area contributed by atoms with E-state index in [-0.39, 0.29) is 11.4 Å². The molecule has 0 amide bonds. The van der Waals surface area contributed by atoms with E-state index in [1.165, 1.54) is 10.5 Å². The lowest BCUT2D eigenvalue weighted by atomic mass is 10.1. The Morgan fingerprint density at radius 2 is 1.88 bits per heavy atom. The topological polar surface area (TPSA) is 63.4 Å². The third-order valence-corrected chi connectivity index (χ3v) is 6.09. The van der Waals surface area contributed by atoms with E-state index in [4.69, 9.17) is 4.42 Å². The SMILES string of the molecule is Cc1cnc([C@H]2CCCCN2S(=O)(=O)c2ccc(C(F)(F)F)cc2)o1. The minimum atomic E-state index is -4.51. The summed E-state index contributed by atoms with van der Waals surface area (Å²) >= 11 is 0. The van der Waals surface area contributed by atoms with Crippen molar-refractivity contribution in [1.29, 1.82) is 0 Å². The van der Waals surface area contributed by atoms with Crippen molar-refractivity contribution in [2.45, 2.75) is 43.3 Å². The van der Waals surface area contributed by atoms with Gasteiger partial charge in [0.15, 0.2) is 0 Å². The van der Waals surface area contributed by atoms with Crippen LogP contribution in [0.1, 0.15) is 42.5 Å². The Hall–Kier alpha value is -1.87. The van der Waals surface area contributed by atoms with Crippen molar-refractivity contribution in [2.75, 3.05) is 6.54 Å². The molecule has 0 spiro atoms. The van der Waals surface area contributed by atoms with E-state index < -0.39 is 27.8 Å². The molecule has 0 aliphatic carbocycles. The highest BCUT2D eigenvalue weighted by Gasteiger charge is 2.37. The molecular weight excluding hydrogens is 357 g/mol. The average Bonchev–Trinajstić information content (AvgIpc) is 3.00. The third kappa shape index (κ3) is 3.57. The molecule has 5 nitrogen and oxygen atoms in total. The second-order valence-corrected chi connectivity index (χ2v) is 7.85. The first-order chi connectivity index (χ1) is 11.7. The number of alkyl halides is 3. The van der Waals surface area contributed by atoms with Crippen molar-refractivity contribution < 1.29 is 26.0 Å². The molecule has 3 rings (SSSR count). The Labute approximate surface area is 143 Å². The summed E-state index contributed by atoms with van der Waals surface area (Å²) in [6.07, 6.45) is -0.931. The van der Waals surface area contributed by atoms with Crippen molar-refractivity contribution >= 4 is 10.0 Å². The number of sulfonamides is 1. The summed E-state index contributed by atoms with van der Waals surface area (Å²) in [5, 5.41) is 0. The fourth-order valence-electron chi connectivity index (χ4n) is 2.92. The molecule has 1 aromatic heterocycles. The Kier molecular flexibility index (Phi) is 4.63. The molecule has 1 aliphatic rings. The van der Waals surface area contributed by atoms with Crippen molar-refractivity contribution in [1.82, 2.24) is 9.29 Å². The molecule has 9 heteroatoms. The number of halogens is 3. The minimum Gasteiger partial charge on any atom is -0.444 e. The lowest BCUT2D eigenvalue weighted by molar-refractivity contribution is -0.137. The normalized spacial score (nSPS) is 19.9. The van der Waals surface area contributed by atoms with Crippen LogP contribution >= 0.6 is 0 Å². The summed E-state index contributed by atoms with van der Waals surface area (Å²) in [5.41, 5.74) is -0.884. The highest BCUT2D eigenvalue weighted by Crippen LogP contribution is 2.36. The van der Waals surface area contributed by atoms with Crippen LogP contribution in [0.15, 0.2) is 39.8 Å². The van der Waals surface area contributed by atoms with E-state index in [0.717, 1.165) is 30.7 Å². The van der Waals surface area contributed by atoms with Crippen molar-refractivity contribution in [2.24, 2.45) is 0 Å². The first kappa shape index (κ1) is 17.9. The lowest BCUT2D eigenvalue weighted by Crippen LogP contribution is -2.38. The van der Waals surface area contributed by atoms with Crippen LogP contribution in [0.4, 0.5) is 13.2 Å². The second-order valence-electron chi connectivity index (χ2n) is 5.96. The maximum Gasteiger partial charge on any atom is 0.416 e. The monoisotopic (exact) mass is 374 g/mol. The number of rotatable bonds is 3. The number of benzene rings is 1. The zero-order chi connectivity index (χ0) is 18.2. The van der Waals surface area contributed by atoms with Gasteiger partial charge < -0.3 is 4.42 Å². The van der Waals surface area contributed by atoms with E-state index in [9.17, 15) is 21.6 Å². The van der Waals surface area contributed by atoms with Crippen molar-refractivity contribution in [3.05, 3.63) is 47.7 Å². The lowest BCUT2D eigenvalue weighted by Gasteiger charge is -2.32. The van der Waals surface area contributed by atoms with Gasteiger partial charge >= 0.3 is 6.18 Å². The van der Waals surface area contributed by atoms with Gasteiger partial charge in [-0.1, -0.05) is 6.42 Å². The molecular formula is C16H17F3N2O3S. The zero-order valence-electron chi connectivity index (χ0n) is 13.5. The number of hydrogen-bond donors (Lipinski definition) is 0. The fraction of sp³-hybridized carbons (Fsp3) is 0.438. The summed E-state index contributed by atoms with van der Waals surface area (Å²) < 4.78 is 70.6. The number of aromatic nitrogens is 1. The van der Waals surface area contributed by atoms with Gasteiger partial charge in [-0.05, 0) is 44.0 Å². The van der Waals surface area contributed by atoms with Crippen LogP contribution in [0.3, 0.4) is 0 Å². The highest BCUT2D eigenvalue weighted by molar-refractivity contribution is 7.89. The molecule has 25 heavy (non-hydrogen) atoms. The quantitative estimate of drug-likeness (QED) is 0.817. The van der Waals surface area contributed by atoms with Crippen LogP contribution in [0.25, 0.3) is 0 Å². The number of aryl methyl sites for hydroxylation is 1. The summed E-state index contributed by atoms with van der Waals surface area (Å²) in [5.74, 6) is 0.889. The molecule has 2 heterocycles. The number of oxazole rings is 1. The highest BCUT2D eigenvalue weighted by atomic mass is 32.2. The first-order valence-electron chi connectivity index (χ1n) is 7.81. The molecule has 1 saturated heterocycles. The Morgan fingerprint density at radius 3 is 2.44 bits per heavy atom. The van der Waals surface area contributed by atoms with Gasteiger partial charge in [-0.3, -0.25) is 0 Å². The molecule has 1 fully saturated rings. The molecule has 2 aromatic rings. The summed E-state index contributed by atoms with van der Waals surface area (Å²) in [6.45, 7) is 1.99. The van der Waals surface area contributed by atoms with E-state index in [1.807, 2.05) is 0 Å². The van der Waals surface area contributed by atoms with E-state index >= 15 is 0 Å². The Bertz CT molecular complexity index is 844. The first-order valence-corrected chi connectivity index (χ1v) is 9.25. The van der Waals surface area contributed by atoms with Gasteiger partial charge in [0.05, 0.1) is 16.7 Å². The predicted octanol–water partition coefficient (Wildman–Crippen LogP) is 3.92. The average molecular weight is 374 g/mol. The zero-order valence-corrected chi connectivity index (χ0v) is 14.3. The predicted molar refractivity (Wildman–Crippen MR) is 83.2 cm³/mol. The number of nitrogens with zero attached hydrogens (tertiary/aromatic N) is 2. The van der Waals surface area contributed by atoms with Crippen LogP contribution in [-0.4, -0.2) is 24.3 Å². The van der Waals surface area contributed by atoms with Gasteiger partial charge in [-0.25, -0.2) is 13.4 Å². The maximum absolute atomic E-state index is 12.9. The van der Waals surface area contributed by atoms with Crippen LogP contribution in [0, 0.1) is 6.92 Å². The summed E-state index contributed by atoms with van der Waals surface area (Å²) in [4.78, 5) is 3.95. The van der Waals surface area contributed by atoms with Crippen molar-refractivity contribution in [3.8, 4) is 0 Å².